The summed E-state index contributed by atoms with van der Waals surface area (Å²) in [5.74, 6) is 0.278. The molecule has 4 heteroatoms. The van der Waals surface area contributed by atoms with Crippen LogP contribution in [0.25, 0.3) is 6.08 Å². The summed E-state index contributed by atoms with van der Waals surface area (Å²) < 4.78 is 5.16. The van der Waals surface area contributed by atoms with Crippen LogP contribution in [-0.4, -0.2) is 30.3 Å². The van der Waals surface area contributed by atoms with E-state index in [4.69, 9.17) is 4.74 Å². The molecule has 1 amide bonds. The van der Waals surface area contributed by atoms with Gasteiger partial charge < -0.3 is 14.7 Å². The highest BCUT2D eigenvalue weighted by molar-refractivity contribution is 6.04. The number of β-lactam (4-membered cyclic amide) rings is 1. The number of hydrogen-bond acceptors (Lipinski definition) is 3. The molecule has 1 aliphatic heterocycles. The third-order valence-corrected chi connectivity index (χ3v) is 4.34. The van der Waals surface area contributed by atoms with Crippen molar-refractivity contribution in [2.24, 2.45) is 5.92 Å². The fraction of sp³-hybridized carbons (Fsp3) is 0.250. The van der Waals surface area contributed by atoms with Crippen LogP contribution in [0.3, 0.4) is 0 Å². The van der Waals surface area contributed by atoms with Crippen molar-refractivity contribution in [1.82, 2.24) is 0 Å². The fourth-order valence-corrected chi connectivity index (χ4v) is 3.05. The third-order valence-electron chi connectivity index (χ3n) is 4.34. The summed E-state index contributed by atoms with van der Waals surface area (Å²) in [7, 11) is 1.61. The molecule has 1 N–H and O–H groups in total. The molecular weight excluding hydrogens is 302 g/mol. The Hall–Kier alpha value is -2.59. The predicted molar refractivity (Wildman–Crippen MR) is 94.9 cm³/mol. The quantitative estimate of drug-likeness (QED) is 0.860. The largest absolute Gasteiger partial charge is 0.497 e. The Morgan fingerprint density at radius 3 is 2.38 bits per heavy atom. The molecule has 4 nitrogen and oxygen atoms in total. The van der Waals surface area contributed by atoms with Gasteiger partial charge in [-0.1, -0.05) is 42.5 Å². The molecular formula is C20H21NO3. The van der Waals surface area contributed by atoms with Crippen LogP contribution in [-0.2, 0) is 4.79 Å². The van der Waals surface area contributed by atoms with Crippen LogP contribution in [0.2, 0.25) is 0 Å². The van der Waals surface area contributed by atoms with Crippen LogP contribution >= 0.6 is 0 Å². The lowest BCUT2D eigenvalue weighted by molar-refractivity contribution is -0.133. The van der Waals surface area contributed by atoms with Crippen LogP contribution in [0.5, 0.6) is 5.75 Å². The lowest BCUT2D eigenvalue weighted by Crippen LogP contribution is -2.63. The molecule has 0 spiro atoms. The number of aliphatic hydroxyl groups is 1. The van der Waals surface area contributed by atoms with Crippen molar-refractivity contribution in [2.45, 2.75) is 19.1 Å². The van der Waals surface area contributed by atoms with Crippen molar-refractivity contribution in [1.29, 1.82) is 0 Å². The van der Waals surface area contributed by atoms with Gasteiger partial charge in [0.05, 0.1) is 25.2 Å². The number of carbonyl (C=O) groups excluding carboxylic acids is 1. The number of methoxy groups -OCH3 is 1. The SMILES string of the molecule is COc1ccc(N2C(=O)[C@H]([C@H](C)O)[C@H]2/C=C/c2ccccc2)cc1. The molecule has 0 radical (unpaired) electrons. The number of benzene rings is 2. The van der Waals surface area contributed by atoms with E-state index in [0.717, 1.165) is 17.0 Å². The average Bonchev–Trinajstić information content (AvgIpc) is 2.59. The maximum Gasteiger partial charge on any atom is 0.235 e. The minimum atomic E-state index is -0.683. The molecule has 24 heavy (non-hydrogen) atoms. The number of amides is 1. The van der Waals surface area contributed by atoms with Crippen LogP contribution in [0.15, 0.2) is 60.7 Å². The monoisotopic (exact) mass is 323 g/mol. The number of anilines is 1. The average molecular weight is 323 g/mol. The highest BCUT2D eigenvalue weighted by Crippen LogP contribution is 2.36. The highest BCUT2D eigenvalue weighted by Gasteiger charge is 2.48. The number of carbonyl (C=O) groups is 1. The summed E-state index contributed by atoms with van der Waals surface area (Å²) in [6, 6.07) is 17.1. The topological polar surface area (TPSA) is 49.8 Å². The van der Waals surface area contributed by atoms with Gasteiger partial charge in [0.15, 0.2) is 0 Å². The maximum atomic E-state index is 12.5. The Labute approximate surface area is 142 Å². The normalized spacial score (nSPS) is 21.6. The molecule has 0 aromatic heterocycles. The summed E-state index contributed by atoms with van der Waals surface area (Å²) in [6.07, 6.45) is 3.29. The van der Waals surface area contributed by atoms with Crippen molar-refractivity contribution in [2.75, 3.05) is 12.0 Å². The lowest BCUT2D eigenvalue weighted by atomic mass is 9.82. The Kier molecular flexibility index (Phi) is 4.67. The van der Waals surface area contributed by atoms with Crippen molar-refractivity contribution >= 4 is 17.7 Å². The van der Waals surface area contributed by atoms with Gasteiger partial charge in [-0.25, -0.2) is 0 Å². The van der Waals surface area contributed by atoms with Gasteiger partial charge in [-0.05, 0) is 36.8 Å². The van der Waals surface area contributed by atoms with Gasteiger partial charge in [0.2, 0.25) is 5.91 Å². The van der Waals surface area contributed by atoms with Crippen molar-refractivity contribution in [3.05, 3.63) is 66.2 Å². The molecule has 1 aliphatic rings. The van der Waals surface area contributed by atoms with Crippen molar-refractivity contribution in [3.8, 4) is 5.75 Å². The second-order valence-electron chi connectivity index (χ2n) is 5.93. The molecule has 2 aromatic rings. The molecule has 0 aliphatic carbocycles. The minimum absolute atomic E-state index is 0.0575. The maximum absolute atomic E-state index is 12.5. The lowest BCUT2D eigenvalue weighted by Gasteiger charge is -2.47. The number of rotatable bonds is 5. The first-order valence-corrected chi connectivity index (χ1v) is 8.00. The smallest absolute Gasteiger partial charge is 0.235 e. The number of hydrogen-bond donors (Lipinski definition) is 1. The fourth-order valence-electron chi connectivity index (χ4n) is 3.05. The van der Waals surface area contributed by atoms with Gasteiger partial charge in [-0.2, -0.15) is 0 Å². The molecule has 2 aromatic carbocycles. The Morgan fingerprint density at radius 2 is 1.79 bits per heavy atom. The van der Waals surface area contributed by atoms with Gasteiger partial charge in [-0.15, -0.1) is 0 Å². The van der Waals surface area contributed by atoms with Gasteiger partial charge in [0.1, 0.15) is 5.75 Å². The predicted octanol–water partition coefficient (Wildman–Crippen LogP) is 3.12. The molecule has 1 fully saturated rings. The zero-order valence-electron chi connectivity index (χ0n) is 13.8. The molecule has 124 valence electrons. The second-order valence-corrected chi connectivity index (χ2v) is 5.93. The summed E-state index contributed by atoms with van der Waals surface area (Å²) in [6.45, 7) is 1.66. The molecule has 1 saturated heterocycles. The van der Waals surface area contributed by atoms with Gasteiger partial charge in [0.25, 0.3) is 0 Å². The van der Waals surface area contributed by atoms with Crippen LogP contribution in [0.1, 0.15) is 12.5 Å². The zero-order chi connectivity index (χ0) is 17.1. The van der Waals surface area contributed by atoms with E-state index in [9.17, 15) is 9.90 Å². The van der Waals surface area contributed by atoms with Gasteiger partial charge >= 0.3 is 0 Å². The summed E-state index contributed by atoms with van der Waals surface area (Å²) in [5.41, 5.74) is 1.87. The van der Waals surface area contributed by atoms with E-state index >= 15 is 0 Å². The number of nitrogens with zero attached hydrogens (tertiary/aromatic N) is 1. The Bertz CT molecular complexity index is 722. The van der Waals surface area contributed by atoms with E-state index in [1.54, 1.807) is 18.9 Å². The third kappa shape index (κ3) is 3.05. The van der Waals surface area contributed by atoms with Crippen LogP contribution in [0, 0.1) is 5.92 Å². The first-order chi connectivity index (χ1) is 11.6. The molecule has 1 heterocycles. The van der Waals surface area contributed by atoms with E-state index in [1.165, 1.54) is 0 Å². The first-order valence-electron chi connectivity index (χ1n) is 8.00. The van der Waals surface area contributed by atoms with Crippen LogP contribution < -0.4 is 9.64 Å². The molecule has 0 saturated carbocycles. The van der Waals surface area contributed by atoms with Gasteiger partial charge in [0, 0.05) is 5.69 Å². The van der Waals surface area contributed by atoms with E-state index in [-0.39, 0.29) is 11.9 Å². The standard InChI is InChI=1S/C20H21NO3/c1-14(22)19-18(13-8-15-6-4-3-5-7-15)21(20(19)23)16-9-11-17(24-2)12-10-16/h3-14,18-19,22H,1-2H3/b13-8+/t14-,18+,19+/m0/s1. The van der Waals surface area contributed by atoms with Crippen LogP contribution in [0.4, 0.5) is 5.69 Å². The molecule has 0 unspecified atom stereocenters. The molecule has 3 rings (SSSR count). The van der Waals surface area contributed by atoms with E-state index < -0.39 is 12.0 Å². The summed E-state index contributed by atoms with van der Waals surface area (Å²) >= 11 is 0. The summed E-state index contributed by atoms with van der Waals surface area (Å²) in [4.78, 5) is 14.2. The van der Waals surface area contributed by atoms with E-state index in [2.05, 4.69) is 0 Å². The second kappa shape index (κ2) is 6.89. The Balaban J connectivity index is 1.86. The Morgan fingerprint density at radius 1 is 1.12 bits per heavy atom. The molecule has 3 atom stereocenters. The summed E-state index contributed by atoms with van der Waals surface area (Å²) in [5, 5.41) is 9.96. The van der Waals surface area contributed by atoms with Gasteiger partial charge in [-0.3, -0.25) is 4.79 Å². The van der Waals surface area contributed by atoms with Crippen molar-refractivity contribution in [3.63, 3.8) is 0 Å². The highest BCUT2D eigenvalue weighted by atomic mass is 16.5. The van der Waals surface area contributed by atoms with Crippen molar-refractivity contribution < 1.29 is 14.6 Å². The molecule has 0 bridgehead atoms. The van der Waals surface area contributed by atoms with E-state index in [0.29, 0.717) is 0 Å². The van der Waals surface area contributed by atoms with E-state index in [1.807, 2.05) is 66.7 Å². The number of ether oxygens (including phenoxy) is 1. The minimum Gasteiger partial charge on any atom is -0.497 e. The number of aliphatic hydroxyl groups excluding tert-OH is 1. The first kappa shape index (κ1) is 16.3. The zero-order valence-corrected chi connectivity index (χ0v) is 13.8.